The topological polar surface area (TPSA) is 81.1 Å². The second-order valence-corrected chi connectivity index (χ2v) is 3.72. The van der Waals surface area contributed by atoms with Crippen molar-refractivity contribution in [2.45, 2.75) is 26.2 Å². The number of nitrogens with zero attached hydrogens (tertiary/aromatic N) is 6. The van der Waals surface area contributed by atoms with Crippen LogP contribution in [0.3, 0.4) is 0 Å². The maximum Gasteiger partial charge on any atom is 0.182 e. The van der Waals surface area contributed by atoms with E-state index >= 15 is 0 Å². The van der Waals surface area contributed by atoms with E-state index < -0.39 is 0 Å². The lowest BCUT2D eigenvalue weighted by Gasteiger charge is -2.47. The van der Waals surface area contributed by atoms with E-state index in [9.17, 15) is 0 Å². The zero-order chi connectivity index (χ0) is 12.1. The molecule has 0 saturated carbocycles. The molecule has 1 rings (SSSR count). The average molecular weight is 218 g/mol. The number of rotatable bonds is 2. The van der Waals surface area contributed by atoms with Crippen molar-refractivity contribution in [2.75, 3.05) is 19.8 Å². The summed E-state index contributed by atoms with van der Waals surface area (Å²) in [4.78, 5) is 5.32. The Bertz CT molecular complexity index is 331. The van der Waals surface area contributed by atoms with Crippen LogP contribution in [0.2, 0.25) is 0 Å². The molecule has 1 aliphatic rings. The molecule has 0 amide bonds. The predicted molar refractivity (Wildman–Crippen MR) is 55.9 cm³/mol. The zero-order valence-electron chi connectivity index (χ0n) is 9.46. The van der Waals surface area contributed by atoms with E-state index in [0.29, 0.717) is 6.67 Å². The standard InChI is InChI=1S/C10H14N6/c1-9-14(5-3-11)8-15(6-4-12)10(2)16(9)7-13/h9-10H,5-6,8H2,1-2H3. The monoisotopic (exact) mass is 218 g/mol. The summed E-state index contributed by atoms with van der Waals surface area (Å²) in [5.41, 5.74) is 0. The Morgan fingerprint density at radius 1 is 1.00 bits per heavy atom. The third-order valence-electron chi connectivity index (χ3n) is 2.89. The van der Waals surface area contributed by atoms with Crippen LogP contribution < -0.4 is 0 Å². The molecule has 2 atom stereocenters. The maximum absolute atomic E-state index is 9.06. The normalized spacial score (nSPS) is 26.8. The van der Waals surface area contributed by atoms with Gasteiger partial charge in [0.05, 0.1) is 44.2 Å². The zero-order valence-corrected chi connectivity index (χ0v) is 9.46. The van der Waals surface area contributed by atoms with Gasteiger partial charge in [-0.15, -0.1) is 0 Å². The van der Waals surface area contributed by atoms with E-state index in [4.69, 9.17) is 15.8 Å². The van der Waals surface area contributed by atoms with Gasteiger partial charge in [-0.1, -0.05) is 0 Å². The summed E-state index contributed by atoms with van der Waals surface area (Å²) < 4.78 is 0. The lowest BCUT2D eigenvalue weighted by molar-refractivity contribution is -0.0783. The molecule has 6 nitrogen and oxygen atoms in total. The molecule has 6 heteroatoms. The van der Waals surface area contributed by atoms with Gasteiger partial charge >= 0.3 is 0 Å². The fourth-order valence-electron chi connectivity index (χ4n) is 1.85. The Morgan fingerprint density at radius 3 is 1.75 bits per heavy atom. The molecule has 0 aromatic rings. The van der Waals surface area contributed by atoms with Crippen molar-refractivity contribution in [1.82, 2.24) is 14.7 Å². The van der Waals surface area contributed by atoms with Gasteiger partial charge in [0.1, 0.15) is 0 Å². The predicted octanol–water partition coefficient (Wildman–Crippen LogP) is 0.0837. The molecule has 16 heavy (non-hydrogen) atoms. The molecule has 1 heterocycles. The lowest BCUT2D eigenvalue weighted by atomic mass is 10.2. The van der Waals surface area contributed by atoms with Crippen molar-refractivity contribution >= 4 is 0 Å². The SMILES string of the molecule is CC1N(CC#N)CN(CC#N)C(C)N1C#N. The van der Waals surface area contributed by atoms with Crippen molar-refractivity contribution in [2.24, 2.45) is 0 Å². The first-order valence-corrected chi connectivity index (χ1v) is 5.05. The van der Waals surface area contributed by atoms with Crippen LogP contribution in [0.25, 0.3) is 0 Å². The first-order valence-electron chi connectivity index (χ1n) is 5.05. The third-order valence-corrected chi connectivity index (χ3v) is 2.89. The quantitative estimate of drug-likeness (QED) is 0.482. The molecule has 0 aromatic heterocycles. The van der Waals surface area contributed by atoms with Crippen LogP contribution in [0.4, 0.5) is 0 Å². The van der Waals surface area contributed by atoms with Gasteiger partial charge in [-0.3, -0.25) is 14.7 Å². The minimum atomic E-state index is -0.102. The summed E-state index contributed by atoms with van der Waals surface area (Å²) in [6.07, 6.45) is 1.91. The van der Waals surface area contributed by atoms with Crippen LogP contribution >= 0.6 is 0 Å². The molecule has 0 spiro atoms. The van der Waals surface area contributed by atoms with E-state index in [1.807, 2.05) is 23.6 Å². The average Bonchev–Trinajstić information content (AvgIpc) is 2.26. The molecule has 1 saturated heterocycles. The van der Waals surface area contributed by atoms with Crippen LogP contribution in [0, 0.1) is 34.1 Å². The molecule has 0 radical (unpaired) electrons. The molecule has 0 aliphatic carbocycles. The second-order valence-electron chi connectivity index (χ2n) is 3.72. The van der Waals surface area contributed by atoms with Gasteiger partial charge in [0.25, 0.3) is 0 Å². The van der Waals surface area contributed by atoms with Gasteiger partial charge in [-0.05, 0) is 13.8 Å². The van der Waals surface area contributed by atoms with E-state index in [1.54, 1.807) is 4.90 Å². The molecule has 1 aliphatic heterocycles. The molecule has 0 aromatic carbocycles. The largest absolute Gasteiger partial charge is 0.278 e. The Kier molecular flexibility index (Phi) is 4.08. The van der Waals surface area contributed by atoms with Gasteiger partial charge in [-0.2, -0.15) is 15.8 Å². The van der Waals surface area contributed by atoms with Crippen LogP contribution in [-0.2, 0) is 0 Å². The Hall–Kier alpha value is -1.81. The molecule has 0 bridgehead atoms. The Balaban J connectivity index is 2.84. The Labute approximate surface area is 95.5 Å². The van der Waals surface area contributed by atoms with Gasteiger partial charge in [0.15, 0.2) is 6.19 Å². The summed E-state index contributed by atoms with van der Waals surface area (Å²) in [5.74, 6) is 0. The second kappa shape index (κ2) is 5.32. The highest BCUT2D eigenvalue weighted by Crippen LogP contribution is 2.18. The van der Waals surface area contributed by atoms with Gasteiger partial charge in [0, 0.05) is 0 Å². The van der Waals surface area contributed by atoms with E-state index in [0.717, 1.165) is 0 Å². The first kappa shape index (κ1) is 12.3. The molecular weight excluding hydrogens is 204 g/mol. The highest BCUT2D eigenvalue weighted by Gasteiger charge is 2.34. The van der Waals surface area contributed by atoms with Crippen molar-refractivity contribution in [1.29, 1.82) is 15.8 Å². The highest BCUT2D eigenvalue weighted by atomic mass is 15.5. The number of nitriles is 3. The minimum Gasteiger partial charge on any atom is -0.278 e. The van der Waals surface area contributed by atoms with Crippen molar-refractivity contribution in [3.8, 4) is 18.3 Å². The van der Waals surface area contributed by atoms with Crippen molar-refractivity contribution in [3.63, 3.8) is 0 Å². The summed E-state index contributed by atoms with van der Waals surface area (Å²) in [6.45, 7) is 4.84. The third kappa shape index (κ3) is 2.23. The fourth-order valence-corrected chi connectivity index (χ4v) is 1.85. The summed E-state index contributed by atoms with van der Waals surface area (Å²) in [5, 5.41) is 26.5. The molecule has 84 valence electrons. The first-order chi connectivity index (χ1) is 7.65. The van der Waals surface area contributed by atoms with E-state index in [1.165, 1.54) is 0 Å². The van der Waals surface area contributed by atoms with Crippen molar-refractivity contribution < 1.29 is 0 Å². The lowest BCUT2D eigenvalue weighted by Crippen LogP contribution is -2.63. The summed E-state index contributed by atoms with van der Waals surface area (Å²) in [6, 6.07) is 4.14. The molecule has 2 unspecified atom stereocenters. The smallest absolute Gasteiger partial charge is 0.182 e. The number of hydrogen-bond acceptors (Lipinski definition) is 6. The minimum absolute atomic E-state index is 0.102. The molecule has 0 N–H and O–H groups in total. The van der Waals surface area contributed by atoms with E-state index in [-0.39, 0.29) is 25.4 Å². The van der Waals surface area contributed by atoms with Crippen LogP contribution in [0.15, 0.2) is 0 Å². The van der Waals surface area contributed by atoms with Crippen LogP contribution in [0.5, 0.6) is 0 Å². The molecular formula is C10H14N6. The van der Waals surface area contributed by atoms with Crippen LogP contribution in [0.1, 0.15) is 13.8 Å². The highest BCUT2D eigenvalue weighted by molar-refractivity contribution is 4.94. The van der Waals surface area contributed by atoms with Gasteiger partial charge in [-0.25, -0.2) is 0 Å². The van der Waals surface area contributed by atoms with Gasteiger partial charge < -0.3 is 0 Å². The van der Waals surface area contributed by atoms with Crippen molar-refractivity contribution in [3.05, 3.63) is 0 Å². The Morgan fingerprint density at radius 2 is 1.44 bits per heavy atom. The van der Waals surface area contributed by atoms with Crippen LogP contribution in [-0.4, -0.2) is 46.8 Å². The van der Waals surface area contributed by atoms with Gasteiger partial charge in [0.2, 0.25) is 0 Å². The van der Waals surface area contributed by atoms with E-state index in [2.05, 4.69) is 18.3 Å². The maximum atomic E-state index is 9.06. The molecule has 1 fully saturated rings. The summed E-state index contributed by atoms with van der Waals surface area (Å²) >= 11 is 0. The number of hydrogen-bond donors (Lipinski definition) is 0. The summed E-state index contributed by atoms with van der Waals surface area (Å²) in [7, 11) is 0. The fraction of sp³-hybridized carbons (Fsp3) is 0.700.